The molecule has 6 nitrogen and oxygen atoms in total. The van der Waals surface area contributed by atoms with Crippen molar-refractivity contribution in [3.8, 4) is 0 Å². The van der Waals surface area contributed by atoms with Gasteiger partial charge in [0.05, 0.1) is 16.1 Å². The number of halogens is 3. The third kappa shape index (κ3) is 4.98. The van der Waals surface area contributed by atoms with Crippen LogP contribution in [0.15, 0.2) is 29.2 Å². The van der Waals surface area contributed by atoms with E-state index in [4.69, 9.17) is 0 Å². The molecule has 0 unspecified atom stereocenters. The van der Waals surface area contributed by atoms with Crippen molar-refractivity contribution < 1.29 is 31.5 Å². The molecule has 1 aromatic rings. The fourth-order valence-electron chi connectivity index (χ4n) is 9.75. The van der Waals surface area contributed by atoms with Gasteiger partial charge in [-0.15, -0.1) is 0 Å². The van der Waals surface area contributed by atoms with Crippen LogP contribution in [0.4, 0.5) is 13.2 Å². The summed E-state index contributed by atoms with van der Waals surface area (Å²) in [4.78, 5) is 14.7. The molecule has 0 spiro atoms. The number of alkyl halides is 3. The third-order valence-electron chi connectivity index (χ3n) is 12.2. The SMILES string of the molecule is C[C@]12CC[C@](O)(CN3CCN(S(=O)(=O)c4ccc(C(F)(F)F)cc4)CC3)C[C@@H]1CC[C@@H]1[C@@H]2CC[C@]2(C)C(=O)CC[C@@H]12. The molecule has 41 heavy (non-hydrogen) atoms. The minimum Gasteiger partial charge on any atom is -0.389 e. The zero-order valence-corrected chi connectivity index (χ0v) is 24.9. The standard InChI is InChI=1S/C31H43F3N2O4S/c1-28-13-14-30(38,19-22(28)5-8-24-25-9-10-27(37)29(25,2)12-11-26(24)28)20-35-15-17-36(18-16-35)41(39,40)23-6-3-21(4-7-23)31(32,33)34/h3-4,6-7,22,24-26,38H,5,8-20H2,1-2H3/t22-,24-,25-,26-,28-,29-,30+/m0/s1. The number of hydrogen-bond acceptors (Lipinski definition) is 5. The molecular formula is C31H43F3N2O4S. The van der Waals surface area contributed by atoms with Gasteiger partial charge in [-0.25, -0.2) is 8.42 Å². The summed E-state index contributed by atoms with van der Waals surface area (Å²) in [5, 5.41) is 11.8. The predicted molar refractivity (Wildman–Crippen MR) is 148 cm³/mol. The number of β-amino-alcohol motifs (C(OH)–C–C–N with tert-alkyl or cyclic N) is 1. The molecule has 4 saturated carbocycles. The maximum Gasteiger partial charge on any atom is 0.416 e. The van der Waals surface area contributed by atoms with Crippen molar-refractivity contribution in [1.29, 1.82) is 0 Å². The summed E-state index contributed by atoms with van der Waals surface area (Å²) in [7, 11) is -3.89. The van der Waals surface area contributed by atoms with Gasteiger partial charge in [-0.2, -0.15) is 17.5 Å². The Labute approximate surface area is 241 Å². The average Bonchev–Trinajstić information content (AvgIpc) is 3.23. The van der Waals surface area contributed by atoms with E-state index in [1.165, 1.54) is 4.31 Å². The number of Topliss-reactive ketones (excluding diaryl/α,β-unsaturated/α-hetero) is 1. The Hall–Kier alpha value is -1.49. The Morgan fingerprint density at radius 3 is 2.27 bits per heavy atom. The van der Waals surface area contributed by atoms with Crippen LogP contribution >= 0.6 is 0 Å². The van der Waals surface area contributed by atoms with Gasteiger partial charge in [0.2, 0.25) is 10.0 Å². The van der Waals surface area contributed by atoms with Gasteiger partial charge in [0, 0.05) is 44.6 Å². The summed E-state index contributed by atoms with van der Waals surface area (Å²) < 4.78 is 66.2. The summed E-state index contributed by atoms with van der Waals surface area (Å²) >= 11 is 0. The number of nitrogens with zero attached hydrogens (tertiary/aromatic N) is 2. The van der Waals surface area contributed by atoms with Gasteiger partial charge in [0.1, 0.15) is 5.78 Å². The van der Waals surface area contributed by atoms with Crippen molar-refractivity contribution in [3.63, 3.8) is 0 Å². The molecule has 6 rings (SSSR count). The highest BCUT2D eigenvalue weighted by Crippen LogP contribution is 2.66. The van der Waals surface area contributed by atoms with Crippen LogP contribution in [0.25, 0.3) is 0 Å². The van der Waals surface area contributed by atoms with Crippen molar-refractivity contribution in [2.45, 2.75) is 88.3 Å². The first-order chi connectivity index (χ1) is 19.2. The first kappa shape index (κ1) is 29.6. The Morgan fingerprint density at radius 2 is 1.61 bits per heavy atom. The Balaban J connectivity index is 1.06. The molecule has 1 aliphatic heterocycles. The average molecular weight is 597 g/mol. The van der Waals surface area contributed by atoms with Crippen molar-refractivity contribution in [2.75, 3.05) is 32.7 Å². The van der Waals surface area contributed by atoms with Crippen LogP contribution in [0.2, 0.25) is 0 Å². The van der Waals surface area contributed by atoms with E-state index in [0.29, 0.717) is 49.1 Å². The number of carbonyl (C=O) groups is 1. The number of rotatable bonds is 4. The molecule has 10 heteroatoms. The fourth-order valence-corrected chi connectivity index (χ4v) is 11.2. The topological polar surface area (TPSA) is 77.9 Å². The number of fused-ring (bicyclic) bond motifs is 5. The molecule has 5 aliphatic rings. The van der Waals surface area contributed by atoms with Crippen molar-refractivity contribution in [1.82, 2.24) is 9.21 Å². The molecule has 5 fully saturated rings. The number of ketones is 1. The zero-order chi connectivity index (χ0) is 29.4. The summed E-state index contributed by atoms with van der Waals surface area (Å²) in [6.07, 6.45) is 4.10. The number of piperazine rings is 1. The van der Waals surface area contributed by atoms with Crippen LogP contribution in [0.5, 0.6) is 0 Å². The Bertz CT molecular complexity index is 1280. The predicted octanol–water partition coefficient (Wildman–Crippen LogP) is 5.35. The highest BCUT2D eigenvalue weighted by molar-refractivity contribution is 7.89. The van der Waals surface area contributed by atoms with E-state index >= 15 is 0 Å². The number of sulfonamides is 1. The molecule has 1 aromatic carbocycles. The van der Waals surface area contributed by atoms with Crippen molar-refractivity contribution >= 4 is 15.8 Å². The van der Waals surface area contributed by atoms with Gasteiger partial charge in [0.15, 0.2) is 0 Å². The van der Waals surface area contributed by atoms with Gasteiger partial charge < -0.3 is 5.11 Å². The second-order valence-corrected chi connectivity index (χ2v) is 16.1. The monoisotopic (exact) mass is 596 g/mol. The van der Waals surface area contributed by atoms with Crippen LogP contribution in [-0.2, 0) is 21.0 Å². The van der Waals surface area contributed by atoms with Crippen LogP contribution in [0.3, 0.4) is 0 Å². The molecule has 7 atom stereocenters. The Kier molecular flexibility index (Phi) is 7.23. The maximum atomic E-state index is 13.1. The van der Waals surface area contributed by atoms with Gasteiger partial charge >= 0.3 is 6.18 Å². The number of aliphatic hydroxyl groups is 1. The van der Waals surface area contributed by atoms with E-state index in [1.807, 2.05) is 0 Å². The van der Waals surface area contributed by atoms with E-state index < -0.39 is 27.4 Å². The van der Waals surface area contributed by atoms with E-state index in [0.717, 1.165) is 82.1 Å². The van der Waals surface area contributed by atoms with Crippen molar-refractivity contribution in [2.24, 2.45) is 34.5 Å². The minimum absolute atomic E-state index is 0.123. The summed E-state index contributed by atoms with van der Waals surface area (Å²) in [5.74, 6) is 2.67. The number of hydrogen-bond donors (Lipinski definition) is 1. The van der Waals surface area contributed by atoms with Gasteiger partial charge in [0.25, 0.3) is 0 Å². The minimum atomic E-state index is -4.52. The second-order valence-electron chi connectivity index (χ2n) is 14.2. The molecule has 1 N–H and O–H groups in total. The van der Waals surface area contributed by atoms with Crippen LogP contribution in [-0.4, -0.2) is 66.8 Å². The Morgan fingerprint density at radius 1 is 0.927 bits per heavy atom. The van der Waals surface area contributed by atoms with Gasteiger partial charge in [-0.1, -0.05) is 13.8 Å². The molecule has 1 saturated heterocycles. The molecule has 0 aromatic heterocycles. The molecule has 1 heterocycles. The van der Waals surface area contributed by atoms with Gasteiger partial charge in [-0.05, 0) is 105 Å². The molecule has 228 valence electrons. The molecular weight excluding hydrogens is 553 g/mol. The third-order valence-corrected chi connectivity index (χ3v) is 14.1. The quantitative estimate of drug-likeness (QED) is 0.507. The molecule has 0 amide bonds. The van der Waals surface area contributed by atoms with E-state index in [2.05, 4.69) is 18.7 Å². The van der Waals surface area contributed by atoms with E-state index in [9.17, 15) is 31.5 Å². The van der Waals surface area contributed by atoms with Gasteiger partial charge in [-0.3, -0.25) is 9.69 Å². The summed E-state index contributed by atoms with van der Waals surface area (Å²) in [6, 6.07) is 3.67. The summed E-state index contributed by atoms with van der Waals surface area (Å²) in [6.45, 7) is 6.60. The fraction of sp³-hybridized carbons (Fsp3) is 0.774. The van der Waals surface area contributed by atoms with Crippen LogP contribution in [0, 0.1) is 34.5 Å². The maximum absolute atomic E-state index is 13.1. The highest BCUT2D eigenvalue weighted by Gasteiger charge is 2.61. The second kappa shape index (κ2) is 10.0. The first-order valence-corrected chi connectivity index (χ1v) is 16.8. The van der Waals surface area contributed by atoms with E-state index in [-0.39, 0.29) is 28.8 Å². The number of benzene rings is 1. The lowest BCUT2D eigenvalue weighted by Crippen LogP contribution is -2.59. The number of carbonyl (C=O) groups excluding carboxylic acids is 1. The highest BCUT2D eigenvalue weighted by atomic mass is 32.2. The van der Waals surface area contributed by atoms with Crippen LogP contribution in [0.1, 0.15) is 77.2 Å². The lowest BCUT2D eigenvalue weighted by molar-refractivity contribution is -0.157. The lowest BCUT2D eigenvalue weighted by Gasteiger charge is -2.61. The van der Waals surface area contributed by atoms with Crippen molar-refractivity contribution in [3.05, 3.63) is 29.8 Å². The molecule has 0 radical (unpaired) electrons. The normalized spacial score (nSPS) is 40.6. The van der Waals surface area contributed by atoms with E-state index in [1.54, 1.807) is 0 Å². The molecule has 4 aliphatic carbocycles. The zero-order valence-electron chi connectivity index (χ0n) is 24.1. The first-order valence-electron chi connectivity index (χ1n) is 15.3. The summed E-state index contributed by atoms with van der Waals surface area (Å²) in [5.41, 5.74) is -1.61. The molecule has 0 bridgehead atoms. The largest absolute Gasteiger partial charge is 0.416 e. The smallest absolute Gasteiger partial charge is 0.389 e. The van der Waals surface area contributed by atoms with Crippen LogP contribution < -0.4 is 0 Å². The lowest BCUT2D eigenvalue weighted by atomic mass is 9.44.